The molecule has 1 aliphatic rings. The fourth-order valence-corrected chi connectivity index (χ4v) is 3.29. The average molecular weight is 306 g/mol. The van der Waals surface area contributed by atoms with Crippen molar-refractivity contribution < 1.29 is 9.13 Å². The fourth-order valence-electron chi connectivity index (χ4n) is 2.47. The zero-order valence-electron chi connectivity index (χ0n) is 11.8. The number of nitrogens with one attached hydrogen (secondary N) is 1. The zero-order valence-corrected chi connectivity index (χ0v) is 12.7. The Morgan fingerprint density at radius 3 is 2.76 bits per heavy atom. The van der Waals surface area contributed by atoms with Crippen molar-refractivity contribution in [2.75, 3.05) is 19.8 Å². The minimum absolute atomic E-state index is 0.214. The van der Waals surface area contributed by atoms with E-state index in [4.69, 9.17) is 4.74 Å². The van der Waals surface area contributed by atoms with Gasteiger partial charge in [-0.15, -0.1) is 11.3 Å². The Kier molecular flexibility index (Phi) is 4.95. The van der Waals surface area contributed by atoms with Crippen molar-refractivity contribution in [3.8, 4) is 10.6 Å². The van der Waals surface area contributed by atoms with Crippen LogP contribution in [0.4, 0.5) is 4.39 Å². The SMILES string of the molecule is Fc1ccc(-c2nc(CNCC3CCOCC3)cs2)cc1. The van der Waals surface area contributed by atoms with Crippen molar-refractivity contribution in [1.29, 1.82) is 0 Å². The van der Waals surface area contributed by atoms with Crippen LogP contribution in [0.15, 0.2) is 29.6 Å². The number of benzene rings is 1. The monoisotopic (exact) mass is 306 g/mol. The highest BCUT2D eigenvalue weighted by atomic mass is 32.1. The number of ether oxygens (including phenoxy) is 1. The van der Waals surface area contributed by atoms with Crippen LogP contribution in [0.1, 0.15) is 18.5 Å². The molecule has 1 aromatic heterocycles. The molecule has 0 amide bonds. The van der Waals surface area contributed by atoms with E-state index in [0.29, 0.717) is 5.92 Å². The van der Waals surface area contributed by atoms with Gasteiger partial charge in [-0.25, -0.2) is 9.37 Å². The van der Waals surface area contributed by atoms with Crippen molar-refractivity contribution in [3.05, 3.63) is 41.2 Å². The molecular formula is C16H19FN2OS. The average Bonchev–Trinajstić information content (AvgIpc) is 2.98. The lowest BCUT2D eigenvalue weighted by Gasteiger charge is -2.21. The highest BCUT2D eigenvalue weighted by Gasteiger charge is 2.13. The van der Waals surface area contributed by atoms with Gasteiger partial charge in [-0.2, -0.15) is 0 Å². The molecule has 112 valence electrons. The fraction of sp³-hybridized carbons (Fsp3) is 0.438. The summed E-state index contributed by atoms with van der Waals surface area (Å²) < 4.78 is 18.3. The first kappa shape index (κ1) is 14.6. The molecule has 3 nitrogen and oxygen atoms in total. The van der Waals surface area contributed by atoms with Gasteiger partial charge in [-0.1, -0.05) is 0 Å². The summed E-state index contributed by atoms with van der Waals surface area (Å²) in [6.07, 6.45) is 2.29. The molecule has 0 atom stereocenters. The van der Waals surface area contributed by atoms with E-state index in [0.717, 1.165) is 55.4 Å². The van der Waals surface area contributed by atoms with Gasteiger partial charge >= 0.3 is 0 Å². The van der Waals surface area contributed by atoms with Gasteiger partial charge in [0.05, 0.1) is 5.69 Å². The number of hydrogen-bond acceptors (Lipinski definition) is 4. The number of halogens is 1. The predicted octanol–water partition coefficient (Wildman–Crippen LogP) is 3.47. The molecule has 2 heterocycles. The zero-order chi connectivity index (χ0) is 14.5. The molecule has 1 aromatic carbocycles. The summed E-state index contributed by atoms with van der Waals surface area (Å²) in [4.78, 5) is 4.60. The summed E-state index contributed by atoms with van der Waals surface area (Å²) in [6, 6.07) is 6.49. The van der Waals surface area contributed by atoms with Crippen LogP contribution in [0, 0.1) is 11.7 Å². The van der Waals surface area contributed by atoms with Crippen LogP contribution in [-0.4, -0.2) is 24.7 Å². The molecule has 1 fully saturated rings. The third-order valence-electron chi connectivity index (χ3n) is 3.72. The van der Waals surface area contributed by atoms with E-state index < -0.39 is 0 Å². The van der Waals surface area contributed by atoms with E-state index >= 15 is 0 Å². The third-order valence-corrected chi connectivity index (χ3v) is 4.66. The van der Waals surface area contributed by atoms with Crippen LogP contribution >= 0.6 is 11.3 Å². The Labute approximate surface area is 128 Å². The van der Waals surface area contributed by atoms with Crippen molar-refractivity contribution in [3.63, 3.8) is 0 Å². The molecule has 0 radical (unpaired) electrons. The van der Waals surface area contributed by atoms with Gasteiger partial charge < -0.3 is 10.1 Å². The molecule has 5 heteroatoms. The molecule has 0 unspecified atom stereocenters. The van der Waals surface area contributed by atoms with Crippen LogP contribution in [0.25, 0.3) is 10.6 Å². The molecule has 1 N–H and O–H groups in total. The van der Waals surface area contributed by atoms with Gasteiger partial charge in [-0.05, 0) is 49.6 Å². The summed E-state index contributed by atoms with van der Waals surface area (Å²) in [6.45, 7) is 3.58. The standard InChI is InChI=1S/C16H19FN2OS/c17-14-3-1-13(2-4-14)16-19-15(11-21-16)10-18-9-12-5-7-20-8-6-12/h1-4,11-12,18H,5-10H2. The van der Waals surface area contributed by atoms with Crippen LogP contribution in [0.5, 0.6) is 0 Å². The molecule has 3 rings (SSSR count). The van der Waals surface area contributed by atoms with Gasteiger partial charge in [0.25, 0.3) is 0 Å². The molecule has 0 spiro atoms. The molecular weight excluding hydrogens is 287 g/mol. The lowest BCUT2D eigenvalue weighted by Crippen LogP contribution is -2.27. The molecule has 0 saturated carbocycles. The first-order valence-corrected chi connectivity index (χ1v) is 8.18. The van der Waals surface area contributed by atoms with E-state index in [1.807, 2.05) is 0 Å². The van der Waals surface area contributed by atoms with E-state index in [2.05, 4.69) is 15.7 Å². The Hall–Kier alpha value is -1.30. The minimum atomic E-state index is -0.214. The second-order valence-corrected chi connectivity index (χ2v) is 6.20. The molecule has 21 heavy (non-hydrogen) atoms. The Morgan fingerprint density at radius 2 is 2.00 bits per heavy atom. The van der Waals surface area contributed by atoms with Gasteiger partial charge in [0, 0.05) is 30.7 Å². The third kappa shape index (κ3) is 4.09. The lowest BCUT2D eigenvalue weighted by atomic mass is 10.0. The molecule has 2 aromatic rings. The number of aromatic nitrogens is 1. The summed E-state index contributed by atoms with van der Waals surface area (Å²) in [5.74, 6) is 0.502. The van der Waals surface area contributed by atoms with Crippen LogP contribution < -0.4 is 5.32 Å². The second kappa shape index (κ2) is 7.11. The Bertz CT molecular complexity index is 564. The summed E-state index contributed by atoms with van der Waals surface area (Å²) >= 11 is 1.60. The van der Waals surface area contributed by atoms with Gasteiger partial charge in [0.1, 0.15) is 10.8 Å². The molecule has 0 aliphatic carbocycles. The first-order chi connectivity index (χ1) is 10.3. The summed E-state index contributed by atoms with van der Waals surface area (Å²) in [5.41, 5.74) is 2.02. The van der Waals surface area contributed by atoms with E-state index in [1.54, 1.807) is 23.5 Å². The summed E-state index contributed by atoms with van der Waals surface area (Å²) in [7, 11) is 0. The van der Waals surface area contributed by atoms with E-state index in [9.17, 15) is 4.39 Å². The normalized spacial score (nSPS) is 16.2. The number of thiazole rings is 1. The minimum Gasteiger partial charge on any atom is -0.381 e. The maximum absolute atomic E-state index is 12.9. The van der Waals surface area contributed by atoms with Crippen molar-refractivity contribution in [1.82, 2.24) is 10.3 Å². The maximum atomic E-state index is 12.9. The van der Waals surface area contributed by atoms with E-state index in [-0.39, 0.29) is 5.82 Å². The molecule has 1 aliphatic heterocycles. The molecule has 0 bridgehead atoms. The second-order valence-electron chi connectivity index (χ2n) is 5.34. The largest absolute Gasteiger partial charge is 0.381 e. The van der Waals surface area contributed by atoms with Gasteiger partial charge in [0.2, 0.25) is 0 Å². The van der Waals surface area contributed by atoms with Gasteiger partial charge in [-0.3, -0.25) is 0 Å². The summed E-state index contributed by atoms with van der Waals surface area (Å²) in [5, 5.41) is 6.48. The number of hydrogen-bond donors (Lipinski definition) is 1. The number of rotatable bonds is 5. The van der Waals surface area contributed by atoms with Crippen LogP contribution in [0.3, 0.4) is 0 Å². The highest BCUT2D eigenvalue weighted by molar-refractivity contribution is 7.13. The van der Waals surface area contributed by atoms with Crippen LogP contribution in [-0.2, 0) is 11.3 Å². The van der Waals surface area contributed by atoms with Crippen LogP contribution in [0.2, 0.25) is 0 Å². The number of nitrogens with zero attached hydrogens (tertiary/aromatic N) is 1. The highest BCUT2D eigenvalue weighted by Crippen LogP contribution is 2.24. The van der Waals surface area contributed by atoms with Crippen molar-refractivity contribution in [2.24, 2.45) is 5.92 Å². The Balaban J connectivity index is 1.51. The topological polar surface area (TPSA) is 34.2 Å². The lowest BCUT2D eigenvalue weighted by molar-refractivity contribution is 0.0662. The van der Waals surface area contributed by atoms with Crippen molar-refractivity contribution in [2.45, 2.75) is 19.4 Å². The molecule has 1 saturated heterocycles. The van der Waals surface area contributed by atoms with Crippen molar-refractivity contribution >= 4 is 11.3 Å². The first-order valence-electron chi connectivity index (χ1n) is 7.30. The Morgan fingerprint density at radius 1 is 1.24 bits per heavy atom. The van der Waals surface area contributed by atoms with E-state index in [1.165, 1.54) is 12.1 Å². The maximum Gasteiger partial charge on any atom is 0.123 e. The smallest absolute Gasteiger partial charge is 0.123 e. The quantitative estimate of drug-likeness (QED) is 0.918. The van der Waals surface area contributed by atoms with Gasteiger partial charge in [0.15, 0.2) is 0 Å². The predicted molar refractivity (Wildman–Crippen MR) is 82.8 cm³/mol.